The van der Waals surface area contributed by atoms with Crippen molar-refractivity contribution in [2.75, 3.05) is 6.61 Å². The molecule has 1 aromatic rings. The van der Waals surface area contributed by atoms with Crippen molar-refractivity contribution < 1.29 is 29.0 Å². The van der Waals surface area contributed by atoms with Crippen molar-refractivity contribution >= 4 is 7.82 Å². The number of phosphoric acid groups is 1. The molecule has 0 saturated carbocycles. The second-order valence-electron chi connectivity index (χ2n) is 3.13. The molecule has 0 aromatic heterocycles. The Hall–Kier alpha value is -0.910. The summed E-state index contributed by atoms with van der Waals surface area (Å²) in [6.45, 7) is 0.886. The van der Waals surface area contributed by atoms with Crippen LogP contribution in [-0.4, -0.2) is 21.7 Å². The summed E-state index contributed by atoms with van der Waals surface area (Å²) in [5.74, 6) is 1.08. The first-order chi connectivity index (χ1) is 7.53. The van der Waals surface area contributed by atoms with Gasteiger partial charge < -0.3 is 14.5 Å². The third-order valence-electron chi connectivity index (χ3n) is 1.93. The molecule has 0 amide bonds. The SMILES string of the molecule is O=P(O)(O)OO.c1ccc2c(c1)CCCO2. The fourth-order valence-corrected chi connectivity index (χ4v) is 1.30. The predicted octanol–water partition coefficient (Wildman–Crippen LogP) is 1.58. The fourth-order valence-electron chi connectivity index (χ4n) is 1.30. The summed E-state index contributed by atoms with van der Waals surface area (Å²) in [7, 11) is -4.59. The van der Waals surface area contributed by atoms with Gasteiger partial charge in [0.2, 0.25) is 0 Å². The van der Waals surface area contributed by atoms with Crippen LogP contribution in [0, 0.1) is 0 Å². The molecule has 0 unspecified atom stereocenters. The molecule has 0 atom stereocenters. The van der Waals surface area contributed by atoms with Crippen molar-refractivity contribution in [1.29, 1.82) is 0 Å². The van der Waals surface area contributed by atoms with Gasteiger partial charge in [-0.1, -0.05) is 18.2 Å². The van der Waals surface area contributed by atoms with E-state index in [1.165, 1.54) is 12.0 Å². The highest BCUT2D eigenvalue weighted by molar-refractivity contribution is 7.46. The number of para-hydroxylation sites is 1. The average molecular weight is 248 g/mol. The molecule has 0 spiro atoms. The Morgan fingerprint density at radius 3 is 2.50 bits per heavy atom. The summed E-state index contributed by atoms with van der Waals surface area (Å²) >= 11 is 0. The topological polar surface area (TPSA) is 96.2 Å². The lowest BCUT2D eigenvalue weighted by Gasteiger charge is -2.15. The van der Waals surface area contributed by atoms with Gasteiger partial charge in [0.1, 0.15) is 5.75 Å². The number of aryl methyl sites for hydroxylation is 1. The summed E-state index contributed by atoms with van der Waals surface area (Å²) in [6, 6.07) is 8.25. The standard InChI is InChI=1S/C9H10O.H3O5P/c1-2-6-9-8(4-1)5-3-7-10-9;1-5-6(2,3)4/h1-2,4,6H,3,5,7H2;1H,(H2,2,3,4). The highest BCUT2D eigenvalue weighted by atomic mass is 31.2. The number of hydrogen-bond donors (Lipinski definition) is 3. The van der Waals surface area contributed by atoms with E-state index in [1.54, 1.807) is 0 Å². The van der Waals surface area contributed by atoms with E-state index in [4.69, 9.17) is 19.8 Å². The van der Waals surface area contributed by atoms with Crippen LogP contribution in [0.15, 0.2) is 24.3 Å². The van der Waals surface area contributed by atoms with E-state index in [1.807, 2.05) is 12.1 Å². The van der Waals surface area contributed by atoms with Crippen LogP contribution in [0.5, 0.6) is 5.75 Å². The largest absolute Gasteiger partial charge is 0.496 e. The Balaban J connectivity index is 0.000000187. The molecule has 3 N–H and O–H groups in total. The minimum atomic E-state index is -4.59. The lowest BCUT2D eigenvalue weighted by molar-refractivity contribution is -0.158. The lowest BCUT2D eigenvalue weighted by Crippen LogP contribution is -2.07. The zero-order chi connectivity index (χ0) is 12.0. The summed E-state index contributed by atoms with van der Waals surface area (Å²) in [5.41, 5.74) is 1.36. The van der Waals surface area contributed by atoms with Gasteiger partial charge in [0, 0.05) is 0 Å². The molecule has 0 bridgehead atoms. The van der Waals surface area contributed by atoms with Crippen LogP contribution in [0.2, 0.25) is 0 Å². The van der Waals surface area contributed by atoms with Crippen LogP contribution >= 0.6 is 7.82 Å². The van der Waals surface area contributed by atoms with E-state index in [0.717, 1.165) is 18.8 Å². The second kappa shape index (κ2) is 5.98. The quantitative estimate of drug-likeness (QED) is 0.396. The molecule has 7 heteroatoms. The highest BCUT2D eigenvalue weighted by Gasteiger charge is 2.10. The van der Waals surface area contributed by atoms with Gasteiger partial charge >= 0.3 is 7.82 Å². The minimum absolute atomic E-state index is 0.886. The van der Waals surface area contributed by atoms with Crippen LogP contribution in [0.25, 0.3) is 0 Å². The Labute approximate surface area is 92.6 Å². The van der Waals surface area contributed by atoms with Gasteiger partial charge in [-0.15, -0.1) is 4.67 Å². The van der Waals surface area contributed by atoms with Gasteiger partial charge in [-0.2, -0.15) is 0 Å². The molecule has 0 saturated heterocycles. The number of ether oxygens (including phenoxy) is 1. The zero-order valence-electron chi connectivity index (χ0n) is 8.44. The summed E-state index contributed by atoms with van der Waals surface area (Å²) < 4.78 is 17.2. The molecule has 0 radical (unpaired) electrons. The molecule has 0 aliphatic carbocycles. The van der Waals surface area contributed by atoms with Crippen LogP contribution in [-0.2, 0) is 15.7 Å². The van der Waals surface area contributed by atoms with Gasteiger partial charge in [0.25, 0.3) is 0 Å². The van der Waals surface area contributed by atoms with E-state index >= 15 is 0 Å². The monoisotopic (exact) mass is 248 g/mol. The number of fused-ring (bicyclic) bond motifs is 1. The van der Waals surface area contributed by atoms with Crippen LogP contribution < -0.4 is 4.74 Å². The van der Waals surface area contributed by atoms with Crippen molar-refractivity contribution in [1.82, 2.24) is 0 Å². The lowest BCUT2D eigenvalue weighted by atomic mass is 10.1. The smallest absolute Gasteiger partial charge is 0.493 e. The molecular formula is C9H13O6P. The predicted molar refractivity (Wildman–Crippen MR) is 56.0 cm³/mol. The Bertz CT molecular complexity index is 349. The van der Waals surface area contributed by atoms with Gasteiger partial charge in [0.15, 0.2) is 0 Å². The third kappa shape index (κ3) is 4.74. The van der Waals surface area contributed by atoms with Crippen molar-refractivity contribution in [3.8, 4) is 5.75 Å². The van der Waals surface area contributed by atoms with E-state index in [-0.39, 0.29) is 0 Å². The molecule has 16 heavy (non-hydrogen) atoms. The Morgan fingerprint density at radius 2 is 1.94 bits per heavy atom. The van der Waals surface area contributed by atoms with Gasteiger partial charge in [-0.25, -0.2) is 9.82 Å². The first-order valence-electron chi connectivity index (χ1n) is 4.62. The average Bonchev–Trinajstić information content (AvgIpc) is 2.29. The molecule has 6 nitrogen and oxygen atoms in total. The molecule has 1 aromatic carbocycles. The van der Waals surface area contributed by atoms with Crippen molar-refractivity contribution in [2.45, 2.75) is 12.8 Å². The molecule has 1 heterocycles. The maximum atomic E-state index is 9.22. The molecule has 1 aliphatic heterocycles. The van der Waals surface area contributed by atoms with Crippen LogP contribution in [0.4, 0.5) is 0 Å². The van der Waals surface area contributed by atoms with Gasteiger partial charge in [0.05, 0.1) is 6.61 Å². The van der Waals surface area contributed by atoms with Gasteiger partial charge in [-0.05, 0) is 24.5 Å². The van der Waals surface area contributed by atoms with E-state index in [0.29, 0.717) is 0 Å². The number of hydrogen-bond acceptors (Lipinski definition) is 4. The van der Waals surface area contributed by atoms with E-state index in [2.05, 4.69) is 16.8 Å². The Kier molecular flexibility index (Phi) is 4.92. The van der Waals surface area contributed by atoms with Crippen LogP contribution in [0.3, 0.4) is 0 Å². The molecule has 2 rings (SSSR count). The van der Waals surface area contributed by atoms with Crippen molar-refractivity contribution in [3.63, 3.8) is 0 Å². The maximum Gasteiger partial charge on any atom is 0.496 e. The normalized spacial score (nSPS) is 14.2. The number of benzene rings is 1. The van der Waals surface area contributed by atoms with E-state index < -0.39 is 7.82 Å². The minimum Gasteiger partial charge on any atom is -0.493 e. The summed E-state index contributed by atoms with van der Waals surface area (Å²) in [6.07, 6.45) is 2.34. The van der Waals surface area contributed by atoms with Gasteiger partial charge in [-0.3, -0.25) is 0 Å². The Morgan fingerprint density at radius 1 is 1.31 bits per heavy atom. The second-order valence-corrected chi connectivity index (χ2v) is 4.28. The molecule has 0 fully saturated rings. The van der Waals surface area contributed by atoms with Crippen LogP contribution in [0.1, 0.15) is 12.0 Å². The molecular weight excluding hydrogens is 235 g/mol. The molecule has 1 aliphatic rings. The zero-order valence-corrected chi connectivity index (χ0v) is 9.34. The third-order valence-corrected chi connectivity index (χ3v) is 2.14. The number of rotatable bonds is 1. The highest BCUT2D eigenvalue weighted by Crippen LogP contribution is 2.33. The summed E-state index contributed by atoms with van der Waals surface area (Å²) in [5, 5.41) is 7.14. The summed E-state index contributed by atoms with van der Waals surface area (Å²) in [4.78, 5) is 14.9. The molecule has 90 valence electrons. The van der Waals surface area contributed by atoms with E-state index in [9.17, 15) is 4.57 Å². The maximum absolute atomic E-state index is 9.22. The first kappa shape index (κ1) is 13.2. The fraction of sp³-hybridized carbons (Fsp3) is 0.333. The van der Waals surface area contributed by atoms with Crippen molar-refractivity contribution in [3.05, 3.63) is 29.8 Å². The van der Waals surface area contributed by atoms with Crippen molar-refractivity contribution in [2.24, 2.45) is 0 Å². The first-order valence-corrected chi connectivity index (χ1v) is 6.15.